The highest BCUT2D eigenvalue weighted by molar-refractivity contribution is 7.17. The molecule has 198 valence electrons. The number of alkyl halides is 3. The molecule has 0 aliphatic carbocycles. The van der Waals surface area contributed by atoms with Gasteiger partial charge >= 0.3 is 6.18 Å². The summed E-state index contributed by atoms with van der Waals surface area (Å²) < 4.78 is 42.7. The Hall–Kier alpha value is -2.28. The Morgan fingerprint density at radius 2 is 1.97 bits per heavy atom. The normalized spacial score (nSPS) is 22.3. The molecule has 0 radical (unpaired) electrons. The monoisotopic (exact) mass is 527 g/mol. The Labute approximate surface area is 212 Å². The molecule has 4 rings (SSSR count). The van der Waals surface area contributed by atoms with Crippen molar-refractivity contribution in [1.82, 2.24) is 19.8 Å². The average Bonchev–Trinajstić information content (AvgIpc) is 3.50. The number of pyridine rings is 1. The average molecular weight is 528 g/mol. The van der Waals surface area contributed by atoms with E-state index < -0.39 is 35.5 Å². The molecule has 0 aromatic carbocycles. The molecule has 2 aliphatic heterocycles. The molecule has 2 aromatic heterocycles. The van der Waals surface area contributed by atoms with Crippen molar-refractivity contribution in [2.24, 2.45) is 0 Å². The fraction of sp³-hybridized carbons (Fsp3) is 0.625. The number of carbonyl (C=O) groups excluding carboxylic acids is 1. The number of thiazole rings is 1. The first-order valence-corrected chi connectivity index (χ1v) is 12.8. The standard InChI is InChI=1S/C24H32F3N5O3S/c1-13-6-5-8-32(13)21(34)18-19(36-20(29-18)22(35)31-9-7-14(33)12-31)15-11-28-17(30-23(2,3)4)10-16(15)24(25,26)27/h10-11,13-14,21,33-34H,5-9,12H2,1-4H3,(H,28,30)/t13-,14+,21?/m0/s1. The number of β-amino-alcohol motifs (C(OH)–C–C–N with tert-alkyl or cyclic N) is 1. The Kier molecular flexibility index (Phi) is 7.35. The van der Waals surface area contributed by atoms with Crippen molar-refractivity contribution in [3.05, 3.63) is 28.5 Å². The zero-order chi connectivity index (χ0) is 26.4. The van der Waals surface area contributed by atoms with E-state index in [1.54, 1.807) is 4.90 Å². The molecule has 2 fully saturated rings. The fourth-order valence-electron chi connectivity index (χ4n) is 4.65. The number of aliphatic hydroxyl groups excluding tert-OH is 2. The number of halogens is 3. The molecule has 2 aromatic rings. The van der Waals surface area contributed by atoms with Gasteiger partial charge in [0.1, 0.15) is 11.5 Å². The molecule has 3 atom stereocenters. The number of nitrogens with zero attached hydrogens (tertiary/aromatic N) is 4. The first-order valence-electron chi connectivity index (χ1n) is 12.0. The van der Waals surface area contributed by atoms with Gasteiger partial charge in [-0.05, 0) is 53.0 Å². The van der Waals surface area contributed by atoms with Crippen LogP contribution in [0.4, 0.5) is 19.0 Å². The van der Waals surface area contributed by atoms with Crippen LogP contribution in [0.2, 0.25) is 0 Å². The van der Waals surface area contributed by atoms with Crippen molar-refractivity contribution >= 4 is 23.1 Å². The van der Waals surface area contributed by atoms with Gasteiger partial charge in [0.25, 0.3) is 5.91 Å². The summed E-state index contributed by atoms with van der Waals surface area (Å²) in [5.41, 5.74) is -1.65. The summed E-state index contributed by atoms with van der Waals surface area (Å²) in [6.45, 7) is 8.43. The number of carbonyl (C=O) groups is 1. The first-order chi connectivity index (χ1) is 16.7. The Bertz CT molecular complexity index is 1120. The maximum Gasteiger partial charge on any atom is 0.417 e. The second-order valence-corrected chi connectivity index (χ2v) is 11.5. The molecule has 3 N–H and O–H groups in total. The molecule has 4 heterocycles. The van der Waals surface area contributed by atoms with Gasteiger partial charge in [-0.3, -0.25) is 9.69 Å². The third kappa shape index (κ3) is 5.66. The number of hydrogen-bond acceptors (Lipinski definition) is 8. The molecule has 1 amide bonds. The van der Waals surface area contributed by atoms with Gasteiger partial charge in [-0.25, -0.2) is 9.97 Å². The summed E-state index contributed by atoms with van der Waals surface area (Å²) >= 11 is 0.815. The number of anilines is 1. The van der Waals surface area contributed by atoms with Crippen molar-refractivity contribution in [1.29, 1.82) is 0 Å². The van der Waals surface area contributed by atoms with E-state index in [1.807, 2.05) is 27.7 Å². The molecule has 1 unspecified atom stereocenters. The maximum atomic E-state index is 14.2. The van der Waals surface area contributed by atoms with Crippen LogP contribution >= 0.6 is 11.3 Å². The van der Waals surface area contributed by atoms with Crippen LogP contribution in [0, 0.1) is 0 Å². The van der Waals surface area contributed by atoms with E-state index in [4.69, 9.17) is 0 Å². The lowest BCUT2D eigenvalue weighted by atomic mass is 10.0. The minimum Gasteiger partial charge on any atom is -0.391 e. The largest absolute Gasteiger partial charge is 0.417 e. The number of aliphatic hydroxyl groups is 2. The Balaban J connectivity index is 1.82. The van der Waals surface area contributed by atoms with Gasteiger partial charge in [0.2, 0.25) is 0 Å². The van der Waals surface area contributed by atoms with Crippen LogP contribution in [0.25, 0.3) is 10.4 Å². The van der Waals surface area contributed by atoms with Gasteiger partial charge in [0, 0.05) is 43.0 Å². The lowest BCUT2D eigenvalue weighted by molar-refractivity contribution is -0.137. The van der Waals surface area contributed by atoms with E-state index >= 15 is 0 Å². The third-order valence-electron chi connectivity index (χ3n) is 6.41. The topological polar surface area (TPSA) is 102 Å². The minimum absolute atomic E-state index is 0.0145. The molecule has 0 saturated carbocycles. The number of amides is 1. The van der Waals surface area contributed by atoms with Crippen LogP contribution < -0.4 is 5.32 Å². The number of aromatic nitrogens is 2. The van der Waals surface area contributed by atoms with Crippen LogP contribution in [-0.2, 0) is 6.18 Å². The van der Waals surface area contributed by atoms with Crippen LogP contribution in [0.1, 0.15) is 74.2 Å². The Morgan fingerprint density at radius 3 is 2.53 bits per heavy atom. The van der Waals surface area contributed by atoms with Crippen molar-refractivity contribution in [2.45, 2.75) is 77.0 Å². The molecule has 0 bridgehead atoms. The smallest absolute Gasteiger partial charge is 0.391 e. The fourth-order valence-corrected chi connectivity index (χ4v) is 5.73. The SMILES string of the molecule is C[C@H]1CCCN1C(O)c1nc(C(=O)N2CC[C@@H](O)C2)sc1-c1cnc(NC(C)(C)C)cc1C(F)(F)F. The van der Waals surface area contributed by atoms with E-state index in [2.05, 4.69) is 15.3 Å². The maximum absolute atomic E-state index is 14.2. The van der Waals surface area contributed by atoms with Gasteiger partial charge in [-0.1, -0.05) is 0 Å². The first kappa shape index (κ1) is 26.8. The van der Waals surface area contributed by atoms with Crippen LogP contribution in [0.15, 0.2) is 12.3 Å². The third-order valence-corrected chi connectivity index (χ3v) is 7.50. The zero-order valence-corrected chi connectivity index (χ0v) is 21.6. The quantitative estimate of drug-likeness (QED) is 0.538. The van der Waals surface area contributed by atoms with E-state index in [9.17, 15) is 28.2 Å². The summed E-state index contributed by atoms with van der Waals surface area (Å²) in [6, 6.07) is 0.966. The lowest BCUT2D eigenvalue weighted by Gasteiger charge is -2.27. The molecular weight excluding hydrogens is 495 g/mol. The molecule has 36 heavy (non-hydrogen) atoms. The van der Waals surface area contributed by atoms with Crippen LogP contribution in [-0.4, -0.2) is 73.2 Å². The molecule has 12 heteroatoms. The summed E-state index contributed by atoms with van der Waals surface area (Å²) in [5.74, 6) is -0.404. The highest BCUT2D eigenvalue weighted by Gasteiger charge is 2.39. The summed E-state index contributed by atoms with van der Waals surface area (Å²) in [5, 5.41) is 24.0. The van der Waals surface area contributed by atoms with Gasteiger partial charge in [-0.2, -0.15) is 13.2 Å². The predicted octanol–water partition coefficient (Wildman–Crippen LogP) is 4.12. The van der Waals surface area contributed by atoms with Crippen molar-refractivity contribution in [2.75, 3.05) is 25.0 Å². The molecular formula is C24H32F3N5O3S. The van der Waals surface area contributed by atoms with Gasteiger partial charge in [0.05, 0.1) is 16.5 Å². The van der Waals surface area contributed by atoms with Crippen molar-refractivity contribution < 1.29 is 28.2 Å². The second kappa shape index (κ2) is 9.88. The van der Waals surface area contributed by atoms with E-state index in [-0.39, 0.29) is 39.5 Å². The van der Waals surface area contributed by atoms with Crippen molar-refractivity contribution in [3.8, 4) is 10.4 Å². The van der Waals surface area contributed by atoms with Gasteiger partial charge in [-0.15, -0.1) is 11.3 Å². The minimum atomic E-state index is -4.71. The van der Waals surface area contributed by atoms with E-state index in [0.29, 0.717) is 19.5 Å². The molecule has 2 saturated heterocycles. The highest BCUT2D eigenvalue weighted by Crippen LogP contribution is 2.44. The van der Waals surface area contributed by atoms with Crippen molar-refractivity contribution in [3.63, 3.8) is 0 Å². The number of likely N-dealkylation sites (tertiary alicyclic amines) is 2. The molecule has 8 nitrogen and oxygen atoms in total. The van der Waals surface area contributed by atoms with Crippen LogP contribution in [0.3, 0.4) is 0 Å². The highest BCUT2D eigenvalue weighted by atomic mass is 32.1. The van der Waals surface area contributed by atoms with Gasteiger partial charge in [0.15, 0.2) is 11.2 Å². The summed E-state index contributed by atoms with van der Waals surface area (Å²) in [4.78, 5) is 25.0. The number of rotatable bonds is 5. The second-order valence-electron chi connectivity index (χ2n) is 10.5. The zero-order valence-electron chi connectivity index (χ0n) is 20.8. The van der Waals surface area contributed by atoms with Crippen LogP contribution in [0.5, 0.6) is 0 Å². The van der Waals surface area contributed by atoms with E-state index in [0.717, 1.165) is 36.4 Å². The Morgan fingerprint density at radius 1 is 1.25 bits per heavy atom. The molecule has 0 spiro atoms. The lowest BCUT2D eigenvalue weighted by Crippen LogP contribution is -2.32. The van der Waals surface area contributed by atoms with Gasteiger partial charge < -0.3 is 20.4 Å². The summed E-state index contributed by atoms with van der Waals surface area (Å²) in [7, 11) is 0. The molecule has 2 aliphatic rings. The predicted molar refractivity (Wildman–Crippen MR) is 131 cm³/mol. The number of nitrogens with one attached hydrogen (secondary N) is 1. The summed E-state index contributed by atoms with van der Waals surface area (Å²) in [6.07, 6.45) is -3.38. The van der Waals surface area contributed by atoms with E-state index in [1.165, 1.54) is 4.90 Å². The number of hydrogen-bond donors (Lipinski definition) is 3.